The third-order valence-corrected chi connectivity index (χ3v) is 6.35. The van der Waals surface area contributed by atoms with Crippen molar-refractivity contribution in [3.05, 3.63) is 94.1 Å². The molecule has 2 aromatic heterocycles. The van der Waals surface area contributed by atoms with E-state index >= 15 is 0 Å². The Morgan fingerprint density at radius 3 is 2.77 bits per heavy atom. The maximum absolute atomic E-state index is 13.2. The number of Topliss-reactive ketones (excluding diaryl/α,β-unsaturated/α-hetero) is 1. The van der Waals surface area contributed by atoms with Crippen LogP contribution in [0.4, 0.5) is 5.13 Å². The predicted octanol–water partition coefficient (Wildman–Crippen LogP) is 5.63. The number of fused-ring (bicyclic) bond motifs is 1. The molecular weight excluding hydrogens is 436 g/mol. The van der Waals surface area contributed by atoms with Crippen molar-refractivity contribution in [3.8, 4) is 0 Å². The summed E-state index contributed by atoms with van der Waals surface area (Å²) in [6.07, 6.45) is 1.36. The number of anilines is 1. The Morgan fingerprint density at radius 1 is 1.19 bits per heavy atom. The minimum Gasteiger partial charge on any atom is -0.503 e. The molecule has 154 valence electrons. The molecule has 0 bridgehead atoms. The summed E-state index contributed by atoms with van der Waals surface area (Å²) in [4.78, 5) is 32.3. The van der Waals surface area contributed by atoms with Gasteiger partial charge in [-0.3, -0.25) is 14.5 Å². The van der Waals surface area contributed by atoms with Crippen LogP contribution in [0.1, 0.15) is 27.7 Å². The average molecular weight is 451 g/mol. The van der Waals surface area contributed by atoms with Gasteiger partial charge in [-0.2, -0.15) is 0 Å². The highest BCUT2D eigenvalue weighted by Gasteiger charge is 2.46. The number of amides is 1. The summed E-state index contributed by atoms with van der Waals surface area (Å²) in [5.74, 6) is -1.86. The molecule has 1 aliphatic rings. The molecule has 0 fully saturated rings. The van der Waals surface area contributed by atoms with Crippen LogP contribution in [-0.4, -0.2) is 21.8 Å². The van der Waals surface area contributed by atoms with Gasteiger partial charge >= 0.3 is 0 Å². The fraction of sp³-hybridized carbons (Fsp3) is 0.0870. The summed E-state index contributed by atoms with van der Waals surface area (Å²) in [7, 11) is 0. The normalized spacial score (nSPS) is 16.5. The molecule has 0 radical (unpaired) electrons. The van der Waals surface area contributed by atoms with Gasteiger partial charge in [-0.05, 0) is 54.4 Å². The average Bonchev–Trinajstić information content (AvgIpc) is 3.46. The topological polar surface area (TPSA) is 83.6 Å². The molecule has 0 spiro atoms. The van der Waals surface area contributed by atoms with E-state index in [2.05, 4.69) is 4.98 Å². The minimum absolute atomic E-state index is 0.0307. The van der Waals surface area contributed by atoms with Gasteiger partial charge in [0.25, 0.3) is 5.91 Å². The first-order valence-electron chi connectivity index (χ1n) is 9.41. The van der Waals surface area contributed by atoms with Crippen molar-refractivity contribution in [2.75, 3.05) is 4.90 Å². The molecular formula is C23H15ClN2O4S. The second-order valence-electron chi connectivity index (χ2n) is 7.17. The van der Waals surface area contributed by atoms with E-state index < -0.39 is 23.5 Å². The van der Waals surface area contributed by atoms with E-state index in [9.17, 15) is 14.7 Å². The number of halogens is 1. The number of carbonyl (C=O) groups excluding carboxylic acids is 2. The van der Waals surface area contributed by atoms with Crippen molar-refractivity contribution in [1.29, 1.82) is 0 Å². The number of hydrogen-bond acceptors (Lipinski definition) is 6. The third-order valence-electron chi connectivity index (χ3n) is 5.10. The van der Waals surface area contributed by atoms with E-state index in [-0.39, 0.29) is 11.3 Å². The maximum atomic E-state index is 13.2. The second kappa shape index (κ2) is 7.37. The summed E-state index contributed by atoms with van der Waals surface area (Å²) in [5.41, 5.74) is 2.30. The third kappa shape index (κ3) is 3.22. The Bertz CT molecular complexity index is 1370. The number of nitrogens with zero attached hydrogens (tertiary/aromatic N) is 2. The van der Waals surface area contributed by atoms with Crippen molar-refractivity contribution < 1.29 is 19.1 Å². The van der Waals surface area contributed by atoms with Crippen LogP contribution in [0.2, 0.25) is 5.02 Å². The standard InChI is InChI=1S/C23H15ClN2O4S/c1-12-7-8-15-17(10-12)31-23(25-15)26-19(13-4-2-5-14(24)11-13)18(21(28)22(26)29)20(27)16-6-3-9-30-16/h2-11,19,28H,1H3. The van der Waals surface area contributed by atoms with Gasteiger partial charge in [0.2, 0.25) is 5.78 Å². The van der Waals surface area contributed by atoms with Crippen LogP contribution in [0.15, 0.2) is 76.6 Å². The van der Waals surface area contributed by atoms with E-state index in [0.717, 1.165) is 15.8 Å². The van der Waals surface area contributed by atoms with Gasteiger partial charge in [0.1, 0.15) is 0 Å². The van der Waals surface area contributed by atoms with Crippen LogP contribution in [0.3, 0.4) is 0 Å². The van der Waals surface area contributed by atoms with Crippen molar-refractivity contribution in [2.24, 2.45) is 0 Å². The predicted molar refractivity (Wildman–Crippen MR) is 119 cm³/mol. The van der Waals surface area contributed by atoms with E-state index in [1.165, 1.54) is 28.6 Å². The number of hydrogen-bond donors (Lipinski definition) is 1. The van der Waals surface area contributed by atoms with Crippen LogP contribution in [0.5, 0.6) is 0 Å². The summed E-state index contributed by atoms with van der Waals surface area (Å²) >= 11 is 7.52. The molecule has 31 heavy (non-hydrogen) atoms. The number of rotatable bonds is 4. The first kappa shape index (κ1) is 19.5. The van der Waals surface area contributed by atoms with Crippen LogP contribution in [-0.2, 0) is 4.79 Å². The van der Waals surface area contributed by atoms with Crippen LogP contribution in [0.25, 0.3) is 10.2 Å². The quantitative estimate of drug-likeness (QED) is 0.407. The second-order valence-corrected chi connectivity index (χ2v) is 8.61. The summed E-state index contributed by atoms with van der Waals surface area (Å²) in [6, 6.07) is 14.8. The Kier molecular flexibility index (Phi) is 4.64. The number of benzene rings is 2. The Morgan fingerprint density at radius 2 is 2.03 bits per heavy atom. The molecule has 1 N–H and O–H groups in total. The maximum Gasteiger partial charge on any atom is 0.296 e. The Balaban J connectivity index is 1.70. The molecule has 6 nitrogen and oxygen atoms in total. The first-order valence-corrected chi connectivity index (χ1v) is 10.6. The van der Waals surface area contributed by atoms with Gasteiger partial charge < -0.3 is 9.52 Å². The van der Waals surface area contributed by atoms with Gasteiger partial charge in [-0.15, -0.1) is 0 Å². The highest BCUT2D eigenvalue weighted by atomic mass is 35.5. The van der Waals surface area contributed by atoms with E-state index in [4.69, 9.17) is 16.0 Å². The summed E-state index contributed by atoms with van der Waals surface area (Å²) < 4.78 is 6.14. The van der Waals surface area contributed by atoms with Crippen molar-refractivity contribution in [3.63, 3.8) is 0 Å². The molecule has 1 amide bonds. The molecule has 1 unspecified atom stereocenters. The molecule has 0 aliphatic carbocycles. The van der Waals surface area contributed by atoms with Crippen LogP contribution < -0.4 is 4.90 Å². The molecule has 1 aliphatic heterocycles. The van der Waals surface area contributed by atoms with Crippen LogP contribution in [0, 0.1) is 6.92 Å². The van der Waals surface area contributed by atoms with E-state index in [1.807, 2.05) is 25.1 Å². The molecule has 8 heteroatoms. The zero-order valence-electron chi connectivity index (χ0n) is 16.2. The molecule has 0 saturated carbocycles. The van der Waals surface area contributed by atoms with Gasteiger partial charge in [-0.25, -0.2) is 4.98 Å². The zero-order chi connectivity index (χ0) is 21.7. The highest BCUT2D eigenvalue weighted by Crippen LogP contribution is 2.44. The first-order chi connectivity index (χ1) is 14.9. The fourth-order valence-electron chi connectivity index (χ4n) is 3.69. The van der Waals surface area contributed by atoms with Gasteiger partial charge in [0.05, 0.1) is 28.1 Å². The van der Waals surface area contributed by atoms with Gasteiger partial charge in [-0.1, -0.05) is 41.1 Å². The Labute approximate surface area is 186 Å². The number of aliphatic hydroxyl groups excluding tert-OH is 1. The van der Waals surface area contributed by atoms with Crippen molar-refractivity contribution in [1.82, 2.24) is 4.98 Å². The molecule has 5 rings (SSSR count). The largest absolute Gasteiger partial charge is 0.503 e. The lowest BCUT2D eigenvalue weighted by atomic mass is 9.95. The molecule has 4 aromatic rings. The number of thiazole rings is 1. The van der Waals surface area contributed by atoms with Crippen molar-refractivity contribution in [2.45, 2.75) is 13.0 Å². The fourth-order valence-corrected chi connectivity index (χ4v) is 4.98. The highest BCUT2D eigenvalue weighted by molar-refractivity contribution is 7.22. The van der Waals surface area contributed by atoms with Gasteiger partial charge in [0.15, 0.2) is 16.7 Å². The molecule has 3 heterocycles. The molecule has 0 saturated heterocycles. The lowest BCUT2D eigenvalue weighted by Crippen LogP contribution is -2.30. The lowest BCUT2D eigenvalue weighted by molar-refractivity contribution is -0.117. The van der Waals surface area contributed by atoms with Gasteiger partial charge in [0, 0.05) is 5.02 Å². The molecule has 2 aromatic carbocycles. The lowest BCUT2D eigenvalue weighted by Gasteiger charge is -2.24. The minimum atomic E-state index is -0.898. The number of carbonyl (C=O) groups is 2. The number of aromatic nitrogens is 1. The Hall–Kier alpha value is -3.42. The van der Waals surface area contributed by atoms with Crippen molar-refractivity contribution >= 4 is 50.0 Å². The number of ketones is 1. The number of furan rings is 1. The van der Waals surface area contributed by atoms with E-state index in [1.54, 1.807) is 30.3 Å². The zero-order valence-corrected chi connectivity index (χ0v) is 17.8. The number of aryl methyl sites for hydroxylation is 1. The monoisotopic (exact) mass is 450 g/mol. The summed E-state index contributed by atoms with van der Waals surface area (Å²) in [5, 5.41) is 11.6. The van der Waals surface area contributed by atoms with E-state index in [0.29, 0.717) is 15.7 Å². The van der Waals surface area contributed by atoms with Crippen LogP contribution >= 0.6 is 22.9 Å². The SMILES string of the molecule is Cc1ccc2nc(N3C(=O)C(O)=C(C(=O)c4ccco4)C3c3cccc(Cl)c3)sc2c1. The summed E-state index contributed by atoms with van der Waals surface area (Å²) in [6.45, 7) is 1.97. The number of aliphatic hydroxyl groups is 1. The molecule has 1 atom stereocenters. The smallest absolute Gasteiger partial charge is 0.296 e.